The Hall–Kier alpha value is -1.44. The zero-order valence-corrected chi connectivity index (χ0v) is 8.00. The van der Waals surface area contributed by atoms with E-state index in [2.05, 4.69) is 4.74 Å². The van der Waals surface area contributed by atoms with Gasteiger partial charge in [-0.05, 0) is 0 Å². The van der Waals surface area contributed by atoms with Gasteiger partial charge in [-0.2, -0.15) is 0 Å². The second-order valence-corrected chi connectivity index (χ2v) is 2.07. The van der Waals surface area contributed by atoms with Crippen LogP contribution in [0.3, 0.4) is 0 Å². The van der Waals surface area contributed by atoms with E-state index in [1.165, 1.54) is 0 Å². The summed E-state index contributed by atoms with van der Waals surface area (Å²) in [6, 6.07) is 0. The van der Waals surface area contributed by atoms with Crippen molar-refractivity contribution in [1.29, 1.82) is 0 Å². The number of aliphatic hydroxyl groups is 2. The number of carboxylic acids is 2. The molecular weight excluding hydrogens is 208 g/mol. The summed E-state index contributed by atoms with van der Waals surface area (Å²) in [7, 11) is 0. The van der Waals surface area contributed by atoms with Crippen molar-refractivity contribution in [2.45, 2.75) is 0 Å². The topological polar surface area (TPSA) is 124 Å². The monoisotopic (exact) mass is 222 g/mol. The lowest BCUT2D eigenvalue weighted by atomic mass is 10.5. The number of aliphatic carboxylic acids is 2. The van der Waals surface area contributed by atoms with Crippen molar-refractivity contribution in [2.75, 3.05) is 26.4 Å². The summed E-state index contributed by atoms with van der Waals surface area (Å²) in [4.78, 5) is 19.1. The Morgan fingerprint density at radius 2 is 1.27 bits per heavy atom. The molecule has 7 nitrogen and oxygen atoms in total. The quantitative estimate of drug-likeness (QED) is 0.325. The van der Waals surface area contributed by atoms with Gasteiger partial charge < -0.3 is 25.2 Å². The van der Waals surface area contributed by atoms with Crippen LogP contribution in [0.4, 0.5) is 0 Å². The molecule has 15 heavy (non-hydrogen) atoms. The van der Waals surface area contributed by atoms with Gasteiger partial charge in [-0.25, -0.2) is 9.59 Å². The Morgan fingerprint density at radius 3 is 1.47 bits per heavy atom. The van der Waals surface area contributed by atoms with Crippen LogP contribution < -0.4 is 0 Å². The fraction of sp³-hybridized carbons (Fsp3) is 0.500. The summed E-state index contributed by atoms with van der Waals surface area (Å²) in [5.74, 6) is -2.51. The first-order chi connectivity index (χ1) is 7.04. The van der Waals surface area contributed by atoms with Crippen molar-refractivity contribution in [2.24, 2.45) is 0 Å². The maximum absolute atomic E-state index is 9.55. The van der Waals surface area contributed by atoms with Gasteiger partial charge in [0.15, 0.2) is 0 Å². The van der Waals surface area contributed by atoms with Crippen LogP contribution in [-0.4, -0.2) is 58.8 Å². The maximum atomic E-state index is 9.55. The number of carbonyl (C=O) groups is 2. The molecule has 0 rings (SSSR count). The molecule has 0 aliphatic rings. The molecule has 0 aliphatic carbocycles. The lowest BCUT2D eigenvalue weighted by Gasteiger charge is -1.94. The first-order valence-electron chi connectivity index (χ1n) is 3.98. The van der Waals surface area contributed by atoms with E-state index in [9.17, 15) is 9.59 Å². The van der Waals surface area contributed by atoms with Crippen LogP contribution >= 0.6 is 0 Å². The van der Waals surface area contributed by atoms with Crippen molar-refractivity contribution < 1.29 is 34.8 Å². The Bertz CT molecular complexity index is 179. The van der Waals surface area contributed by atoms with Gasteiger partial charge in [0.05, 0.1) is 26.4 Å². The Kier molecular flexibility index (Phi) is 13.4. The fourth-order valence-corrected chi connectivity index (χ4v) is 0.374. The lowest BCUT2D eigenvalue weighted by molar-refractivity contribution is -0.134. The largest absolute Gasteiger partial charge is 0.478 e. The normalized spacial score (nSPS) is 9.47. The van der Waals surface area contributed by atoms with Crippen molar-refractivity contribution in [3.63, 3.8) is 0 Å². The number of rotatable bonds is 6. The maximum Gasteiger partial charge on any atom is 0.328 e. The lowest BCUT2D eigenvalue weighted by Crippen LogP contribution is -2.03. The highest BCUT2D eigenvalue weighted by molar-refractivity contribution is 5.89. The summed E-state index contributed by atoms with van der Waals surface area (Å²) in [6.07, 6.45) is 1.12. The van der Waals surface area contributed by atoms with Crippen molar-refractivity contribution >= 4 is 11.9 Å². The van der Waals surface area contributed by atoms with E-state index < -0.39 is 11.9 Å². The highest BCUT2D eigenvalue weighted by Gasteiger charge is 1.88. The molecule has 0 fully saturated rings. The fourth-order valence-electron chi connectivity index (χ4n) is 0.374. The third kappa shape index (κ3) is 24.5. The minimum Gasteiger partial charge on any atom is -0.478 e. The molecule has 0 aromatic heterocycles. The standard InChI is InChI=1S/C4H4O4.C4H10O3/c5-3(6)1-2-4(7)8;5-1-3-7-4-2-6/h1-2H,(H,5,6)(H,7,8);5-6H,1-4H2. The summed E-state index contributed by atoms with van der Waals surface area (Å²) >= 11 is 0. The van der Waals surface area contributed by atoms with Crippen LogP contribution in [0.1, 0.15) is 0 Å². The molecule has 88 valence electrons. The molecule has 0 saturated carbocycles. The SMILES string of the molecule is O=C(O)C=CC(=O)O.OCCOCCO. The zero-order valence-electron chi connectivity index (χ0n) is 8.00. The molecule has 0 heterocycles. The first kappa shape index (κ1) is 16.0. The van der Waals surface area contributed by atoms with Gasteiger partial charge in [-0.3, -0.25) is 0 Å². The van der Waals surface area contributed by atoms with E-state index >= 15 is 0 Å². The van der Waals surface area contributed by atoms with Crippen molar-refractivity contribution in [3.05, 3.63) is 12.2 Å². The van der Waals surface area contributed by atoms with E-state index in [0.29, 0.717) is 25.4 Å². The molecule has 0 saturated heterocycles. The number of hydrogen-bond donors (Lipinski definition) is 4. The van der Waals surface area contributed by atoms with Crippen LogP contribution in [0.25, 0.3) is 0 Å². The summed E-state index contributed by atoms with van der Waals surface area (Å²) in [5, 5.41) is 31.8. The van der Waals surface area contributed by atoms with Crippen LogP contribution in [0, 0.1) is 0 Å². The van der Waals surface area contributed by atoms with Crippen molar-refractivity contribution in [1.82, 2.24) is 0 Å². The minimum absolute atomic E-state index is 0.0278. The third-order valence-corrected chi connectivity index (χ3v) is 0.840. The summed E-state index contributed by atoms with van der Waals surface area (Å²) in [5.41, 5.74) is 0. The predicted molar refractivity (Wildman–Crippen MR) is 49.4 cm³/mol. The Balaban J connectivity index is 0. The van der Waals surface area contributed by atoms with Crippen LogP contribution in [-0.2, 0) is 14.3 Å². The number of hydrogen-bond acceptors (Lipinski definition) is 5. The molecule has 0 unspecified atom stereocenters. The molecule has 0 bridgehead atoms. The number of aliphatic hydroxyl groups excluding tert-OH is 2. The van der Waals surface area contributed by atoms with Gasteiger partial charge in [-0.15, -0.1) is 0 Å². The Morgan fingerprint density at radius 1 is 0.933 bits per heavy atom. The minimum atomic E-state index is -1.26. The zero-order chi connectivity index (χ0) is 12.1. The predicted octanol–water partition coefficient (Wildman–Crippen LogP) is -1.30. The molecule has 0 aromatic carbocycles. The summed E-state index contributed by atoms with van der Waals surface area (Å²) in [6.45, 7) is 0.696. The highest BCUT2D eigenvalue weighted by atomic mass is 16.5. The number of carboxylic acid groups (broad SMARTS) is 2. The highest BCUT2D eigenvalue weighted by Crippen LogP contribution is 1.70. The second-order valence-electron chi connectivity index (χ2n) is 2.07. The Labute approximate surface area is 86.2 Å². The number of ether oxygens (including phenoxy) is 1. The summed E-state index contributed by atoms with van der Waals surface area (Å²) < 4.78 is 4.63. The first-order valence-corrected chi connectivity index (χ1v) is 3.98. The van der Waals surface area contributed by atoms with Gasteiger partial charge in [0.25, 0.3) is 0 Å². The van der Waals surface area contributed by atoms with Gasteiger partial charge in [0.2, 0.25) is 0 Å². The van der Waals surface area contributed by atoms with E-state index in [-0.39, 0.29) is 13.2 Å². The second kappa shape index (κ2) is 12.6. The van der Waals surface area contributed by atoms with E-state index in [0.717, 1.165) is 0 Å². The molecule has 0 amide bonds. The average molecular weight is 222 g/mol. The van der Waals surface area contributed by atoms with E-state index in [1.54, 1.807) is 0 Å². The van der Waals surface area contributed by atoms with Gasteiger partial charge in [0.1, 0.15) is 0 Å². The van der Waals surface area contributed by atoms with Gasteiger partial charge in [0, 0.05) is 12.2 Å². The van der Waals surface area contributed by atoms with E-state index in [4.69, 9.17) is 20.4 Å². The molecule has 0 atom stereocenters. The van der Waals surface area contributed by atoms with Crippen LogP contribution in [0.5, 0.6) is 0 Å². The molecular formula is C8H14O7. The molecule has 0 aliphatic heterocycles. The molecule has 0 radical (unpaired) electrons. The smallest absolute Gasteiger partial charge is 0.328 e. The van der Waals surface area contributed by atoms with Crippen LogP contribution in [0.2, 0.25) is 0 Å². The van der Waals surface area contributed by atoms with Crippen molar-refractivity contribution in [3.8, 4) is 0 Å². The molecule has 4 N–H and O–H groups in total. The third-order valence-electron chi connectivity index (χ3n) is 0.840. The molecule has 0 aromatic rings. The average Bonchev–Trinajstić information content (AvgIpc) is 2.17. The van der Waals surface area contributed by atoms with Crippen LogP contribution in [0.15, 0.2) is 12.2 Å². The molecule has 0 spiro atoms. The van der Waals surface area contributed by atoms with Gasteiger partial charge >= 0.3 is 11.9 Å². The van der Waals surface area contributed by atoms with E-state index in [1.807, 2.05) is 0 Å². The van der Waals surface area contributed by atoms with Gasteiger partial charge in [-0.1, -0.05) is 0 Å². The molecule has 7 heteroatoms.